The predicted octanol–water partition coefficient (Wildman–Crippen LogP) is 4.45. The van der Waals surface area contributed by atoms with Crippen molar-refractivity contribution in [1.29, 1.82) is 0 Å². The molecule has 0 unspecified atom stereocenters. The number of alkyl halides is 2. The molecule has 1 aliphatic rings. The molecule has 0 spiro atoms. The minimum atomic E-state index is -0.0360. The van der Waals surface area contributed by atoms with Gasteiger partial charge >= 0.3 is 0 Å². The summed E-state index contributed by atoms with van der Waals surface area (Å²) in [7, 11) is 0. The maximum absolute atomic E-state index is 6.40. The molecule has 18 heavy (non-hydrogen) atoms. The van der Waals surface area contributed by atoms with Crippen molar-refractivity contribution < 1.29 is 4.74 Å². The molecule has 0 amide bonds. The highest BCUT2D eigenvalue weighted by Gasteiger charge is 2.26. The maximum Gasteiger partial charge on any atom is 0.0780 e. The third kappa shape index (κ3) is 5.18. The SMILES string of the molecule is C#C/C=C\C[C@@H](Cl)[C@H]1C/C=C\C[C@H](Br)[C@@H](CC)O1. The van der Waals surface area contributed by atoms with Gasteiger partial charge in [0.2, 0.25) is 0 Å². The van der Waals surface area contributed by atoms with E-state index in [0.29, 0.717) is 4.83 Å². The monoisotopic (exact) mass is 330 g/mol. The van der Waals surface area contributed by atoms with Gasteiger partial charge in [0.05, 0.1) is 17.6 Å². The Morgan fingerprint density at radius 1 is 1.56 bits per heavy atom. The van der Waals surface area contributed by atoms with Crippen LogP contribution in [0.3, 0.4) is 0 Å². The van der Waals surface area contributed by atoms with Gasteiger partial charge in [0, 0.05) is 4.83 Å². The van der Waals surface area contributed by atoms with Crippen LogP contribution >= 0.6 is 27.5 Å². The first kappa shape index (κ1) is 15.8. The van der Waals surface area contributed by atoms with E-state index in [9.17, 15) is 0 Å². The molecule has 0 aromatic heterocycles. The number of hydrogen-bond acceptors (Lipinski definition) is 1. The van der Waals surface area contributed by atoms with Crippen LogP contribution in [0.4, 0.5) is 0 Å². The first-order chi connectivity index (χ1) is 8.69. The van der Waals surface area contributed by atoms with Gasteiger partial charge in [-0.25, -0.2) is 0 Å². The van der Waals surface area contributed by atoms with Crippen LogP contribution in [0.5, 0.6) is 0 Å². The minimum absolute atomic E-state index is 0.0360. The van der Waals surface area contributed by atoms with Crippen molar-refractivity contribution >= 4 is 27.5 Å². The van der Waals surface area contributed by atoms with Crippen molar-refractivity contribution in [3.05, 3.63) is 24.3 Å². The van der Waals surface area contributed by atoms with E-state index in [1.807, 2.05) is 6.08 Å². The molecular formula is C15H20BrClO. The average molecular weight is 332 g/mol. The molecule has 0 N–H and O–H groups in total. The highest BCUT2D eigenvalue weighted by molar-refractivity contribution is 9.09. The van der Waals surface area contributed by atoms with Crippen LogP contribution in [0.15, 0.2) is 24.3 Å². The Balaban J connectivity index is 2.62. The summed E-state index contributed by atoms with van der Waals surface area (Å²) in [5.74, 6) is 2.47. The normalized spacial score (nSPS) is 32.4. The molecule has 0 aliphatic carbocycles. The summed E-state index contributed by atoms with van der Waals surface area (Å²) in [6.45, 7) is 2.14. The number of terminal acetylenes is 1. The molecule has 0 fully saturated rings. The second-order valence-corrected chi connectivity index (χ2v) is 6.14. The van der Waals surface area contributed by atoms with Crippen molar-refractivity contribution in [2.24, 2.45) is 0 Å². The molecule has 0 bridgehead atoms. The van der Waals surface area contributed by atoms with Crippen LogP contribution in [0.2, 0.25) is 0 Å². The van der Waals surface area contributed by atoms with Crippen molar-refractivity contribution in [3.8, 4) is 12.3 Å². The second kappa shape index (κ2) is 8.80. The molecule has 1 rings (SSSR count). The lowest BCUT2D eigenvalue weighted by Crippen LogP contribution is -2.34. The van der Waals surface area contributed by atoms with Crippen LogP contribution in [0.25, 0.3) is 0 Å². The molecule has 1 heterocycles. The molecule has 3 heteroatoms. The molecule has 1 aliphatic heterocycles. The number of ether oxygens (including phenoxy) is 1. The number of allylic oxidation sites excluding steroid dienone is 3. The summed E-state index contributed by atoms with van der Waals surface area (Å²) >= 11 is 10.1. The Morgan fingerprint density at radius 3 is 2.94 bits per heavy atom. The first-order valence-corrected chi connectivity index (χ1v) is 7.74. The standard InChI is InChI=1S/C15H20BrClO/c1-3-5-6-10-13(17)15-11-8-7-9-12(16)14(4-2)18-15/h1,5-8,12-15H,4,9-11H2,2H3/b6-5-,8-7-/t12-,13+,14+,15+/m0/s1. The number of halogens is 2. The third-order valence-corrected chi connectivity index (χ3v) is 4.45. The summed E-state index contributed by atoms with van der Waals surface area (Å²) in [4.78, 5) is 0.367. The number of hydrogen-bond donors (Lipinski definition) is 0. The Kier molecular flexibility index (Phi) is 7.74. The molecule has 1 nitrogen and oxygen atoms in total. The van der Waals surface area contributed by atoms with Gasteiger partial charge in [0.1, 0.15) is 0 Å². The van der Waals surface area contributed by atoms with Crippen LogP contribution in [-0.4, -0.2) is 22.4 Å². The summed E-state index contributed by atoms with van der Waals surface area (Å²) in [6, 6.07) is 0. The molecule has 0 saturated carbocycles. The highest BCUT2D eigenvalue weighted by Crippen LogP contribution is 2.26. The third-order valence-electron chi connectivity index (χ3n) is 3.03. The molecule has 4 atom stereocenters. The fourth-order valence-corrected chi connectivity index (χ4v) is 2.96. The minimum Gasteiger partial charge on any atom is -0.372 e. The summed E-state index contributed by atoms with van der Waals surface area (Å²) in [6.07, 6.45) is 17.0. The van der Waals surface area contributed by atoms with Gasteiger partial charge in [-0.15, -0.1) is 18.0 Å². The zero-order chi connectivity index (χ0) is 13.4. The van der Waals surface area contributed by atoms with E-state index in [2.05, 4.69) is 40.9 Å². The van der Waals surface area contributed by atoms with Crippen LogP contribution in [0.1, 0.15) is 32.6 Å². The topological polar surface area (TPSA) is 9.23 Å². The van der Waals surface area contributed by atoms with E-state index in [0.717, 1.165) is 25.7 Å². The zero-order valence-corrected chi connectivity index (χ0v) is 13.0. The largest absolute Gasteiger partial charge is 0.372 e. The van der Waals surface area contributed by atoms with Gasteiger partial charge in [0.15, 0.2) is 0 Å². The van der Waals surface area contributed by atoms with E-state index >= 15 is 0 Å². The van der Waals surface area contributed by atoms with E-state index < -0.39 is 0 Å². The smallest absolute Gasteiger partial charge is 0.0780 e. The van der Waals surface area contributed by atoms with Crippen molar-refractivity contribution in [2.45, 2.75) is 55.0 Å². The molecule has 0 radical (unpaired) electrons. The summed E-state index contributed by atoms with van der Waals surface area (Å²) in [5.41, 5.74) is 0. The predicted molar refractivity (Wildman–Crippen MR) is 82.3 cm³/mol. The van der Waals surface area contributed by atoms with Crippen molar-refractivity contribution in [1.82, 2.24) is 0 Å². The van der Waals surface area contributed by atoms with E-state index in [4.69, 9.17) is 22.8 Å². The molecule has 100 valence electrons. The Hall–Kier alpha value is -0.230. The fourth-order valence-electron chi connectivity index (χ4n) is 1.98. The summed E-state index contributed by atoms with van der Waals surface area (Å²) in [5, 5.41) is -0.0360. The fraction of sp³-hybridized carbons (Fsp3) is 0.600. The molecular weight excluding hydrogens is 312 g/mol. The number of rotatable bonds is 4. The lowest BCUT2D eigenvalue weighted by Gasteiger charge is -2.30. The Morgan fingerprint density at radius 2 is 2.28 bits per heavy atom. The Labute approximate surface area is 124 Å². The van der Waals surface area contributed by atoms with Crippen LogP contribution < -0.4 is 0 Å². The van der Waals surface area contributed by atoms with Gasteiger partial charge in [-0.1, -0.05) is 47.0 Å². The van der Waals surface area contributed by atoms with Crippen molar-refractivity contribution in [3.63, 3.8) is 0 Å². The molecule has 0 aromatic rings. The average Bonchev–Trinajstić information content (AvgIpc) is 2.35. The zero-order valence-electron chi connectivity index (χ0n) is 10.7. The van der Waals surface area contributed by atoms with Gasteiger partial charge < -0.3 is 4.74 Å². The van der Waals surface area contributed by atoms with Crippen LogP contribution in [0, 0.1) is 12.3 Å². The Bertz CT molecular complexity index is 332. The molecule has 0 aromatic carbocycles. The summed E-state index contributed by atoms with van der Waals surface area (Å²) < 4.78 is 6.13. The van der Waals surface area contributed by atoms with Crippen LogP contribution in [-0.2, 0) is 4.74 Å². The van der Waals surface area contributed by atoms with E-state index in [1.165, 1.54) is 0 Å². The van der Waals surface area contributed by atoms with Gasteiger partial charge in [0.25, 0.3) is 0 Å². The highest BCUT2D eigenvalue weighted by atomic mass is 79.9. The second-order valence-electron chi connectivity index (χ2n) is 4.40. The maximum atomic E-state index is 6.40. The van der Waals surface area contributed by atoms with E-state index in [-0.39, 0.29) is 17.6 Å². The van der Waals surface area contributed by atoms with E-state index in [1.54, 1.807) is 6.08 Å². The first-order valence-electron chi connectivity index (χ1n) is 6.38. The van der Waals surface area contributed by atoms with Gasteiger partial charge in [-0.3, -0.25) is 0 Å². The van der Waals surface area contributed by atoms with Gasteiger partial charge in [-0.2, -0.15) is 0 Å². The quantitative estimate of drug-likeness (QED) is 0.420. The molecule has 0 saturated heterocycles. The lowest BCUT2D eigenvalue weighted by atomic mass is 10.0. The van der Waals surface area contributed by atoms with Crippen molar-refractivity contribution in [2.75, 3.05) is 0 Å². The lowest BCUT2D eigenvalue weighted by molar-refractivity contribution is -0.0149. The van der Waals surface area contributed by atoms with Gasteiger partial charge in [-0.05, 0) is 31.8 Å².